The Kier molecular flexibility index (Phi) is 7.50. The van der Waals surface area contributed by atoms with Gasteiger partial charge in [0.25, 0.3) is 0 Å². The number of benzene rings is 3. The van der Waals surface area contributed by atoms with Gasteiger partial charge in [-0.15, -0.1) is 0 Å². The molecule has 0 fully saturated rings. The molecule has 0 aliphatic carbocycles. The van der Waals surface area contributed by atoms with E-state index in [2.05, 4.69) is 0 Å². The minimum atomic E-state index is -0.458. The fourth-order valence-electron chi connectivity index (χ4n) is 3.25. The van der Waals surface area contributed by atoms with Crippen LogP contribution in [0.2, 0.25) is 0 Å². The third kappa shape index (κ3) is 6.22. The van der Waals surface area contributed by atoms with E-state index in [0.29, 0.717) is 17.5 Å². The Labute approximate surface area is 182 Å². The Bertz CT molecular complexity index is 1040. The van der Waals surface area contributed by atoms with Crippen LogP contribution < -0.4 is 0 Å². The smallest absolute Gasteiger partial charge is 0.338 e. The highest BCUT2D eigenvalue weighted by atomic mass is 19.1. The summed E-state index contributed by atoms with van der Waals surface area (Å²) in [5.41, 5.74) is 2.71. The van der Waals surface area contributed by atoms with Crippen molar-refractivity contribution in [3.63, 3.8) is 0 Å². The van der Waals surface area contributed by atoms with Crippen molar-refractivity contribution in [1.82, 2.24) is 0 Å². The predicted molar refractivity (Wildman–Crippen MR) is 121 cm³/mol. The number of hydrogen-bond donors (Lipinski definition) is 0. The summed E-state index contributed by atoms with van der Waals surface area (Å²) in [5.74, 6) is -1.34. The molecule has 0 amide bonds. The van der Waals surface area contributed by atoms with Crippen molar-refractivity contribution in [1.29, 1.82) is 0 Å². The van der Waals surface area contributed by atoms with Gasteiger partial charge in [-0.05, 0) is 67.8 Å². The molecule has 0 bridgehead atoms. The predicted octanol–water partition coefficient (Wildman–Crippen LogP) is 6.46. The molecule has 1 unspecified atom stereocenters. The molecule has 3 rings (SSSR count). The van der Waals surface area contributed by atoms with Crippen molar-refractivity contribution in [3.8, 4) is 0 Å². The van der Waals surface area contributed by atoms with Gasteiger partial charge in [-0.2, -0.15) is 0 Å². The van der Waals surface area contributed by atoms with Gasteiger partial charge < -0.3 is 4.74 Å². The van der Waals surface area contributed by atoms with E-state index in [9.17, 15) is 14.0 Å². The number of carbonyl (C=O) groups excluding carboxylic acids is 2. The van der Waals surface area contributed by atoms with Crippen LogP contribution in [0.15, 0.2) is 84.9 Å². The fraction of sp³-hybridized carbons (Fsp3) is 0.185. The minimum Gasteiger partial charge on any atom is -0.459 e. The topological polar surface area (TPSA) is 43.4 Å². The lowest BCUT2D eigenvalue weighted by molar-refractivity contribution is 0.0378. The molecule has 0 saturated heterocycles. The van der Waals surface area contributed by atoms with Gasteiger partial charge in [-0.1, -0.05) is 54.6 Å². The van der Waals surface area contributed by atoms with Gasteiger partial charge in [0.1, 0.15) is 5.82 Å². The molecule has 3 aromatic rings. The first-order chi connectivity index (χ1) is 14.9. The summed E-state index contributed by atoms with van der Waals surface area (Å²) in [4.78, 5) is 25.3. The van der Waals surface area contributed by atoms with E-state index in [1.807, 2.05) is 42.5 Å². The molecular weight excluding hydrogens is 391 g/mol. The number of allylic oxidation sites excluding steroid dienone is 1. The number of esters is 1. The minimum absolute atomic E-state index is 0.102. The molecule has 4 heteroatoms. The summed E-state index contributed by atoms with van der Waals surface area (Å²) in [6.07, 6.45) is 4.20. The Hall–Kier alpha value is -3.53. The summed E-state index contributed by atoms with van der Waals surface area (Å²) >= 11 is 0. The molecule has 0 N–H and O–H groups in total. The number of ketones is 1. The Balaban J connectivity index is 1.85. The molecule has 1 atom stereocenters. The number of carbonyl (C=O) groups is 2. The highest BCUT2D eigenvalue weighted by molar-refractivity contribution is 6.01. The second-order valence-electron chi connectivity index (χ2n) is 7.55. The zero-order chi connectivity index (χ0) is 22.2. The second kappa shape index (κ2) is 10.5. The van der Waals surface area contributed by atoms with Crippen LogP contribution >= 0.6 is 0 Å². The molecule has 31 heavy (non-hydrogen) atoms. The van der Waals surface area contributed by atoms with Crippen molar-refractivity contribution >= 4 is 17.8 Å². The van der Waals surface area contributed by atoms with Gasteiger partial charge in [0, 0.05) is 5.56 Å². The SMILES string of the molecule is CC(C)OC(=O)c1ccc(C(CC=Cc2ccccc2)C(=O)c2ccc(F)cc2)cc1. The highest BCUT2D eigenvalue weighted by Crippen LogP contribution is 2.26. The Morgan fingerprint density at radius 3 is 2.10 bits per heavy atom. The van der Waals surface area contributed by atoms with Crippen molar-refractivity contribution in [2.45, 2.75) is 32.3 Å². The van der Waals surface area contributed by atoms with Crippen molar-refractivity contribution < 1.29 is 18.7 Å². The van der Waals surface area contributed by atoms with Gasteiger partial charge in [0.05, 0.1) is 17.6 Å². The van der Waals surface area contributed by atoms with Crippen molar-refractivity contribution in [2.24, 2.45) is 0 Å². The molecule has 3 nitrogen and oxygen atoms in total. The molecule has 0 heterocycles. The molecule has 158 valence electrons. The maximum absolute atomic E-state index is 13.3. The van der Waals surface area contributed by atoms with Gasteiger partial charge in [0.2, 0.25) is 0 Å². The van der Waals surface area contributed by atoms with E-state index in [0.717, 1.165) is 11.1 Å². The van der Waals surface area contributed by atoms with Gasteiger partial charge in [0.15, 0.2) is 5.78 Å². The number of ether oxygens (including phenoxy) is 1. The largest absolute Gasteiger partial charge is 0.459 e. The average molecular weight is 416 g/mol. The van der Waals surface area contributed by atoms with Gasteiger partial charge in [-0.25, -0.2) is 9.18 Å². The van der Waals surface area contributed by atoms with Crippen LogP contribution in [0, 0.1) is 5.82 Å². The number of Topliss-reactive ketones (excluding diaryl/α,β-unsaturated/α-hetero) is 1. The monoisotopic (exact) mass is 416 g/mol. The molecule has 0 radical (unpaired) electrons. The molecule has 3 aromatic carbocycles. The van der Waals surface area contributed by atoms with Gasteiger partial charge in [-0.3, -0.25) is 4.79 Å². The third-order valence-corrected chi connectivity index (χ3v) is 4.82. The van der Waals surface area contributed by atoms with Crippen LogP contribution in [-0.4, -0.2) is 17.9 Å². The number of hydrogen-bond acceptors (Lipinski definition) is 3. The van der Waals surface area contributed by atoms with E-state index in [-0.39, 0.29) is 17.7 Å². The molecule has 0 spiro atoms. The molecule has 0 aliphatic heterocycles. The molecule has 0 aliphatic rings. The van der Waals surface area contributed by atoms with Crippen molar-refractivity contribution in [2.75, 3.05) is 0 Å². The normalized spacial score (nSPS) is 12.1. The zero-order valence-corrected chi connectivity index (χ0v) is 17.6. The van der Waals surface area contributed by atoms with Crippen LogP contribution in [0.25, 0.3) is 6.08 Å². The van der Waals surface area contributed by atoms with Crippen LogP contribution in [0.4, 0.5) is 4.39 Å². The second-order valence-corrected chi connectivity index (χ2v) is 7.55. The standard InChI is InChI=1S/C27H25FO3/c1-19(2)31-27(30)23-13-11-21(12-14-23)25(10-6-9-20-7-4-3-5-8-20)26(29)22-15-17-24(28)18-16-22/h3-9,11-19,25H,10H2,1-2H3. The average Bonchev–Trinajstić information content (AvgIpc) is 2.77. The summed E-state index contributed by atoms with van der Waals surface area (Å²) < 4.78 is 18.5. The lowest BCUT2D eigenvalue weighted by Crippen LogP contribution is -2.14. The number of halogens is 1. The van der Waals surface area contributed by atoms with E-state index < -0.39 is 11.9 Å². The summed E-state index contributed by atoms with van der Waals surface area (Å²) in [7, 11) is 0. The lowest BCUT2D eigenvalue weighted by Gasteiger charge is -2.16. The Morgan fingerprint density at radius 1 is 0.871 bits per heavy atom. The van der Waals surface area contributed by atoms with Crippen LogP contribution in [0.1, 0.15) is 58.0 Å². The maximum atomic E-state index is 13.3. The lowest BCUT2D eigenvalue weighted by atomic mass is 9.87. The first-order valence-corrected chi connectivity index (χ1v) is 10.3. The fourth-order valence-corrected chi connectivity index (χ4v) is 3.25. The zero-order valence-electron chi connectivity index (χ0n) is 17.6. The van der Waals surface area contributed by atoms with E-state index in [4.69, 9.17) is 4.74 Å². The highest BCUT2D eigenvalue weighted by Gasteiger charge is 2.22. The molecular formula is C27H25FO3. The van der Waals surface area contributed by atoms with E-state index >= 15 is 0 Å². The van der Waals surface area contributed by atoms with E-state index in [1.165, 1.54) is 24.3 Å². The van der Waals surface area contributed by atoms with Crippen LogP contribution in [0.5, 0.6) is 0 Å². The molecule has 0 saturated carbocycles. The third-order valence-electron chi connectivity index (χ3n) is 4.82. The van der Waals surface area contributed by atoms with Crippen LogP contribution in [0.3, 0.4) is 0 Å². The maximum Gasteiger partial charge on any atom is 0.338 e. The first-order valence-electron chi connectivity index (χ1n) is 10.3. The number of rotatable bonds is 8. The summed E-state index contributed by atoms with van der Waals surface area (Å²) in [6.45, 7) is 3.59. The summed E-state index contributed by atoms with van der Waals surface area (Å²) in [5, 5.41) is 0. The summed E-state index contributed by atoms with van der Waals surface area (Å²) in [6, 6.07) is 22.3. The van der Waals surface area contributed by atoms with Gasteiger partial charge >= 0.3 is 5.97 Å². The van der Waals surface area contributed by atoms with Crippen molar-refractivity contribution in [3.05, 3.63) is 113 Å². The van der Waals surface area contributed by atoms with E-state index in [1.54, 1.807) is 38.1 Å². The quantitative estimate of drug-likeness (QED) is 0.313. The Morgan fingerprint density at radius 2 is 1.48 bits per heavy atom. The molecule has 0 aromatic heterocycles. The van der Waals surface area contributed by atoms with Crippen LogP contribution in [-0.2, 0) is 4.74 Å². The first kappa shape index (κ1) is 22.2.